The van der Waals surface area contributed by atoms with E-state index in [0.29, 0.717) is 17.2 Å². The first-order chi connectivity index (χ1) is 12.0. The Labute approximate surface area is 144 Å². The van der Waals surface area contributed by atoms with Gasteiger partial charge in [-0.15, -0.1) is 5.10 Å². The second kappa shape index (κ2) is 6.96. The van der Waals surface area contributed by atoms with Gasteiger partial charge in [-0.25, -0.2) is 4.79 Å². The van der Waals surface area contributed by atoms with Crippen LogP contribution in [0.1, 0.15) is 18.3 Å². The molecule has 0 radical (unpaired) electrons. The van der Waals surface area contributed by atoms with E-state index in [9.17, 15) is 9.59 Å². The van der Waals surface area contributed by atoms with Crippen molar-refractivity contribution >= 4 is 17.8 Å². The molecule has 0 saturated carbocycles. The second-order valence-electron chi connectivity index (χ2n) is 5.44. The van der Waals surface area contributed by atoms with E-state index >= 15 is 0 Å². The maximum absolute atomic E-state index is 12.5. The Morgan fingerprint density at radius 1 is 1.12 bits per heavy atom. The van der Waals surface area contributed by atoms with Gasteiger partial charge in [0.1, 0.15) is 0 Å². The number of para-hydroxylation sites is 1. The number of rotatable bonds is 4. The zero-order valence-corrected chi connectivity index (χ0v) is 13.9. The summed E-state index contributed by atoms with van der Waals surface area (Å²) in [4.78, 5) is 23.5. The first-order valence-corrected chi connectivity index (χ1v) is 7.71. The van der Waals surface area contributed by atoms with E-state index in [4.69, 9.17) is 0 Å². The summed E-state index contributed by atoms with van der Waals surface area (Å²) in [7, 11) is 0. The van der Waals surface area contributed by atoms with Crippen LogP contribution in [0.25, 0.3) is 5.69 Å². The lowest BCUT2D eigenvalue weighted by Crippen LogP contribution is -2.21. The average molecular weight is 335 g/mol. The van der Waals surface area contributed by atoms with Crippen molar-refractivity contribution in [2.45, 2.75) is 13.8 Å². The lowest BCUT2D eigenvalue weighted by Gasteiger charge is -2.01. The molecule has 0 unspecified atom stereocenters. The molecule has 7 heteroatoms. The van der Waals surface area contributed by atoms with E-state index in [0.717, 1.165) is 5.56 Å². The topological polar surface area (TPSA) is 81.3 Å². The fourth-order valence-electron chi connectivity index (χ4n) is 2.31. The fraction of sp³-hybridized carbons (Fsp3) is 0.111. The molecule has 7 nitrogen and oxygen atoms in total. The summed E-state index contributed by atoms with van der Waals surface area (Å²) in [5.41, 5.74) is 1.85. The van der Waals surface area contributed by atoms with Crippen LogP contribution in [-0.2, 0) is 4.79 Å². The van der Waals surface area contributed by atoms with E-state index in [2.05, 4.69) is 15.5 Å². The van der Waals surface area contributed by atoms with Crippen molar-refractivity contribution in [2.75, 3.05) is 5.32 Å². The highest BCUT2D eigenvalue weighted by Gasteiger charge is 2.10. The molecule has 0 aliphatic rings. The van der Waals surface area contributed by atoms with Crippen molar-refractivity contribution in [3.63, 3.8) is 0 Å². The standard InChI is InChI=1S/C18H17N5O2/c1-13-21-23(17-6-4-3-5-7-17)18(25)22(13)19-12-15-8-10-16(11-9-15)20-14(2)24/h3-12H,1-2H3,(H,20,24)/b19-12+. The normalized spacial score (nSPS) is 11.0. The SMILES string of the molecule is CC(=O)Nc1ccc(/C=N/n2c(C)nn(-c3ccccc3)c2=O)cc1. The van der Waals surface area contributed by atoms with Gasteiger partial charge < -0.3 is 5.32 Å². The van der Waals surface area contributed by atoms with Crippen LogP contribution in [0.4, 0.5) is 5.69 Å². The lowest BCUT2D eigenvalue weighted by atomic mass is 10.2. The molecule has 1 amide bonds. The van der Waals surface area contributed by atoms with Crippen LogP contribution >= 0.6 is 0 Å². The highest BCUT2D eigenvalue weighted by Crippen LogP contribution is 2.08. The van der Waals surface area contributed by atoms with Crippen LogP contribution in [0.15, 0.2) is 64.5 Å². The van der Waals surface area contributed by atoms with Crippen LogP contribution in [0, 0.1) is 6.92 Å². The Kier molecular flexibility index (Phi) is 4.56. The smallest absolute Gasteiger partial charge is 0.326 e. The average Bonchev–Trinajstić information content (AvgIpc) is 2.89. The number of hydrogen-bond acceptors (Lipinski definition) is 4. The molecule has 3 aromatic rings. The molecule has 1 N–H and O–H groups in total. The summed E-state index contributed by atoms with van der Waals surface area (Å²) >= 11 is 0. The van der Waals surface area contributed by atoms with Crippen LogP contribution in [-0.4, -0.2) is 26.6 Å². The fourth-order valence-corrected chi connectivity index (χ4v) is 2.31. The van der Waals surface area contributed by atoms with Crippen molar-refractivity contribution in [3.8, 4) is 5.69 Å². The Hall–Kier alpha value is -3.48. The Morgan fingerprint density at radius 2 is 1.80 bits per heavy atom. The number of nitrogens with zero attached hydrogens (tertiary/aromatic N) is 4. The number of benzene rings is 2. The molecule has 0 aliphatic heterocycles. The first-order valence-electron chi connectivity index (χ1n) is 7.71. The molecule has 126 valence electrons. The monoisotopic (exact) mass is 335 g/mol. The highest BCUT2D eigenvalue weighted by atomic mass is 16.2. The first kappa shape index (κ1) is 16.4. The molecule has 25 heavy (non-hydrogen) atoms. The quantitative estimate of drug-likeness (QED) is 0.742. The number of carbonyl (C=O) groups excluding carboxylic acids is 1. The molecular weight excluding hydrogens is 318 g/mol. The van der Waals surface area contributed by atoms with Gasteiger partial charge in [0.2, 0.25) is 5.91 Å². The zero-order valence-electron chi connectivity index (χ0n) is 13.9. The van der Waals surface area contributed by atoms with Gasteiger partial charge in [-0.2, -0.15) is 14.5 Å². The van der Waals surface area contributed by atoms with Crippen LogP contribution < -0.4 is 11.0 Å². The molecule has 1 aromatic heterocycles. The highest BCUT2D eigenvalue weighted by molar-refractivity contribution is 5.89. The summed E-state index contributed by atoms with van der Waals surface area (Å²) in [5.74, 6) is 0.358. The lowest BCUT2D eigenvalue weighted by molar-refractivity contribution is -0.114. The van der Waals surface area contributed by atoms with Gasteiger partial charge in [0, 0.05) is 12.6 Å². The maximum atomic E-state index is 12.5. The molecule has 0 spiro atoms. The minimum Gasteiger partial charge on any atom is -0.326 e. The number of anilines is 1. The largest absolute Gasteiger partial charge is 0.371 e. The Bertz CT molecular complexity index is 969. The van der Waals surface area contributed by atoms with Gasteiger partial charge >= 0.3 is 5.69 Å². The number of carbonyl (C=O) groups is 1. The van der Waals surface area contributed by atoms with E-state index in [1.807, 2.05) is 30.3 Å². The summed E-state index contributed by atoms with van der Waals surface area (Å²) in [6.45, 7) is 3.17. The van der Waals surface area contributed by atoms with Gasteiger partial charge in [0.15, 0.2) is 5.82 Å². The van der Waals surface area contributed by atoms with E-state index in [1.165, 1.54) is 16.3 Å². The summed E-state index contributed by atoms with van der Waals surface area (Å²) in [6.07, 6.45) is 1.57. The third kappa shape index (κ3) is 3.72. The number of aromatic nitrogens is 3. The van der Waals surface area contributed by atoms with E-state index in [-0.39, 0.29) is 11.6 Å². The van der Waals surface area contributed by atoms with Crippen LogP contribution in [0.3, 0.4) is 0 Å². The van der Waals surface area contributed by atoms with Gasteiger partial charge in [0.25, 0.3) is 0 Å². The van der Waals surface area contributed by atoms with Crippen LogP contribution in [0.5, 0.6) is 0 Å². The van der Waals surface area contributed by atoms with Crippen molar-refractivity contribution in [3.05, 3.63) is 76.5 Å². The molecule has 0 bridgehead atoms. The molecule has 0 saturated heterocycles. The molecular formula is C18H17N5O2. The maximum Gasteiger partial charge on any atom is 0.371 e. The van der Waals surface area contributed by atoms with Crippen molar-refractivity contribution in [1.29, 1.82) is 0 Å². The van der Waals surface area contributed by atoms with Gasteiger partial charge in [0.05, 0.1) is 11.9 Å². The van der Waals surface area contributed by atoms with E-state index in [1.54, 1.807) is 37.4 Å². The molecule has 1 heterocycles. The Morgan fingerprint density at radius 3 is 2.44 bits per heavy atom. The molecule has 0 aliphatic carbocycles. The molecule has 3 rings (SSSR count). The third-order valence-electron chi connectivity index (χ3n) is 3.47. The number of nitrogens with one attached hydrogen (secondary N) is 1. The summed E-state index contributed by atoms with van der Waals surface area (Å²) in [6, 6.07) is 16.3. The van der Waals surface area contributed by atoms with E-state index < -0.39 is 0 Å². The number of amides is 1. The molecule has 2 aromatic carbocycles. The van der Waals surface area contributed by atoms with Crippen molar-refractivity contribution < 1.29 is 4.79 Å². The Balaban J connectivity index is 1.86. The minimum absolute atomic E-state index is 0.128. The predicted octanol–water partition coefficient (Wildman–Crippen LogP) is 2.18. The molecule has 0 fully saturated rings. The minimum atomic E-state index is -0.338. The van der Waals surface area contributed by atoms with Crippen molar-refractivity contribution in [2.24, 2.45) is 5.10 Å². The second-order valence-corrected chi connectivity index (χ2v) is 5.44. The van der Waals surface area contributed by atoms with Gasteiger partial charge in [-0.05, 0) is 36.8 Å². The number of aryl methyl sites for hydroxylation is 1. The third-order valence-corrected chi connectivity index (χ3v) is 3.47. The van der Waals surface area contributed by atoms with Crippen molar-refractivity contribution in [1.82, 2.24) is 14.5 Å². The van der Waals surface area contributed by atoms with Gasteiger partial charge in [-0.3, -0.25) is 4.79 Å². The van der Waals surface area contributed by atoms with Gasteiger partial charge in [-0.1, -0.05) is 30.3 Å². The van der Waals surface area contributed by atoms with Crippen LogP contribution in [0.2, 0.25) is 0 Å². The molecule has 0 atom stereocenters. The number of hydrogen-bond donors (Lipinski definition) is 1. The summed E-state index contributed by atoms with van der Waals surface area (Å²) < 4.78 is 2.56. The summed E-state index contributed by atoms with van der Waals surface area (Å²) in [5, 5.41) is 11.2. The zero-order chi connectivity index (χ0) is 17.8. The predicted molar refractivity (Wildman–Crippen MR) is 96.3 cm³/mol.